The molecule has 2 aromatic rings. The predicted octanol–water partition coefficient (Wildman–Crippen LogP) is 2.96. The van der Waals surface area contributed by atoms with Crippen LogP contribution in [0.25, 0.3) is 0 Å². The van der Waals surface area contributed by atoms with Crippen molar-refractivity contribution in [2.24, 2.45) is 0 Å². The van der Waals surface area contributed by atoms with E-state index >= 15 is 0 Å². The molecule has 0 radical (unpaired) electrons. The number of anilines is 1. The number of piperazine rings is 1. The summed E-state index contributed by atoms with van der Waals surface area (Å²) in [5, 5.41) is 0.267. The first-order valence-corrected chi connectivity index (χ1v) is 9.79. The van der Waals surface area contributed by atoms with Gasteiger partial charge in [-0.15, -0.1) is 0 Å². The van der Waals surface area contributed by atoms with Crippen LogP contribution in [0.3, 0.4) is 0 Å². The molecule has 29 heavy (non-hydrogen) atoms. The molecule has 0 spiro atoms. The van der Waals surface area contributed by atoms with Gasteiger partial charge in [-0.3, -0.25) is 4.79 Å². The summed E-state index contributed by atoms with van der Waals surface area (Å²) in [5.74, 6) is -0.0454. The Morgan fingerprint density at radius 3 is 2.52 bits per heavy atom. The largest absolute Gasteiger partial charge is 0.454 e. The Labute approximate surface area is 173 Å². The molecular weight excluding hydrogens is 396 g/mol. The summed E-state index contributed by atoms with van der Waals surface area (Å²) in [5.41, 5.74) is 1.35. The van der Waals surface area contributed by atoms with Crippen molar-refractivity contribution in [3.8, 4) is 11.5 Å². The summed E-state index contributed by atoms with van der Waals surface area (Å²) in [6.07, 6.45) is -0.894. The highest BCUT2D eigenvalue weighted by Gasteiger charge is 2.28. The summed E-state index contributed by atoms with van der Waals surface area (Å²) >= 11 is 6.11. The van der Waals surface area contributed by atoms with Crippen molar-refractivity contribution in [1.82, 2.24) is 4.90 Å². The van der Waals surface area contributed by atoms with Crippen LogP contribution in [0.5, 0.6) is 11.5 Å². The second kappa shape index (κ2) is 8.21. The topological polar surface area (TPSA) is 68.3 Å². The lowest BCUT2D eigenvalue weighted by atomic mass is 10.2. The number of nitrogens with zero attached hydrogens (tertiary/aromatic N) is 2. The normalized spacial score (nSPS) is 16.5. The Balaban J connectivity index is 1.34. The zero-order chi connectivity index (χ0) is 20.4. The van der Waals surface area contributed by atoms with E-state index in [4.69, 9.17) is 25.8 Å². The number of hydrogen-bond donors (Lipinski definition) is 0. The molecule has 2 aromatic carbocycles. The summed E-state index contributed by atoms with van der Waals surface area (Å²) in [4.78, 5) is 29.2. The summed E-state index contributed by atoms with van der Waals surface area (Å²) in [7, 11) is 0. The minimum absolute atomic E-state index is 0.0530. The molecule has 0 bridgehead atoms. The van der Waals surface area contributed by atoms with Crippen molar-refractivity contribution < 1.29 is 23.8 Å². The molecule has 8 heteroatoms. The highest BCUT2D eigenvalue weighted by molar-refractivity contribution is 6.32. The molecular formula is C21H21ClN2O5. The quantitative estimate of drug-likeness (QED) is 0.714. The third-order valence-corrected chi connectivity index (χ3v) is 5.29. The molecule has 4 rings (SSSR count). The molecule has 1 amide bonds. The SMILES string of the molecule is C[C@H](OC(=O)c1cc(Cl)c2c(c1)OCO2)C(=O)N1CCN(c2ccccc2)CC1. The van der Waals surface area contributed by atoms with Gasteiger partial charge >= 0.3 is 5.97 Å². The number of rotatable bonds is 4. The van der Waals surface area contributed by atoms with E-state index in [1.54, 1.807) is 11.8 Å². The van der Waals surface area contributed by atoms with Gasteiger partial charge in [-0.05, 0) is 31.2 Å². The van der Waals surface area contributed by atoms with Gasteiger partial charge in [-0.25, -0.2) is 4.79 Å². The second-order valence-corrected chi connectivity index (χ2v) is 7.29. The maximum Gasteiger partial charge on any atom is 0.339 e. The fourth-order valence-electron chi connectivity index (χ4n) is 3.45. The van der Waals surface area contributed by atoms with Crippen molar-refractivity contribution in [1.29, 1.82) is 0 Å². The van der Waals surface area contributed by atoms with Crippen LogP contribution < -0.4 is 14.4 Å². The lowest BCUT2D eigenvalue weighted by Crippen LogP contribution is -2.51. The predicted molar refractivity (Wildman–Crippen MR) is 108 cm³/mol. The minimum Gasteiger partial charge on any atom is -0.454 e. The average molecular weight is 417 g/mol. The Morgan fingerprint density at radius 2 is 1.79 bits per heavy atom. The highest BCUT2D eigenvalue weighted by Crippen LogP contribution is 2.40. The van der Waals surface area contributed by atoms with E-state index in [0.29, 0.717) is 24.6 Å². The molecule has 0 aliphatic carbocycles. The number of carbonyl (C=O) groups is 2. The molecule has 2 aliphatic rings. The number of hydrogen-bond acceptors (Lipinski definition) is 6. The summed E-state index contributed by atoms with van der Waals surface area (Å²) in [6.45, 7) is 4.25. The maximum atomic E-state index is 12.7. The maximum absolute atomic E-state index is 12.7. The van der Waals surface area contributed by atoms with E-state index in [1.165, 1.54) is 12.1 Å². The molecule has 1 saturated heterocycles. The smallest absolute Gasteiger partial charge is 0.339 e. The number of benzene rings is 2. The van der Waals surface area contributed by atoms with Crippen LogP contribution in [0.1, 0.15) is 17.3 Å². The molecule has 1 fully saturated rings. The molecule has 152 valence electrons. The van der Waals surface area contributed by atoms with Gasteiger partial charge in [0.25, 0.3) is 5.91 Å². The lowest BCUT2D eigenvalue weighted by Gasteiger charge is -2.37. The van der Waals surface area contributed by atoms with Gasteiger partial charge in [-0.1, -0.05) is 29.8 Å². The van der Waals surface area contributed by atoms with Crippen molar-refractivity contribution in [3.05, 3.63) is 53.1 Å². The third kappa shape index (κ3) is 4.10. The molecule has 2 aliphatic heterocycles. The fourth-order valence-corrected chi connectivity index (χ4v) is 3.71. The zero-order valence-electron chi connectivity index (χ0n) is 16.0. The van der Waals surface area contributed by atoms with Crippen molar-refractivity contribution in [2.75, 3.05) is 37.9 Å². The van der Waals surface area contributed by atoms with Gasteiger partial charge in [-0.2, -0.15) is 0 Å². The molecule has 0 aromatic heterocycles. The number of amides is 1. The van der Waals surface area contributed by atoms with E-state index in [-0.39, 0.29) is 23.3 Å². The lowest BCUT2D eigenvalue weighted by molar-refractivity contribution is -0.140. The molecule has 2 heterocycles. The number of para-hydroxylation sites is 1. The van der Waals surface area contributed by atoms with Crippen LogP contribution in [0.4, 0.5) is 5.69 Å². The van der Waals surface area contributed by atoms with E-state index in [2.05, 4.69) is 17.0 Å². The Kier molecular flexibility index (Phi) is 5.49. The number of halogens is 1. The standard InChI is InChI=1S/C21H21ClN2O5/c1-14(29-21(26)15-11-17(22)19-18(12-15)27-13-28-19)20(25)24-9-7-23(8-10-24)16-5-3-2-4-6-16/h2-6,11-12,14H,7-10,13H2,1H3/t14-/m0/s1. The van der Waals surface area contributed by atoms with E-state index in [0.717, 1.165) is 18.8 Å². The number of ether oxygens (including phenoxy) is 3. The molecule has 0 unspecified atom stereocenters. The molecule has 1 atom stereocenters. The van der Waals surface area contributed by atoms with Crippen molar-refractivity contribution in [3.63, 3.8) is 0 Å². The van der Waals surface area contributed by atoms with Gasteiger partial charge in [0.05, 0.1) is 10.6 Å². The van der Waals surface area contributed by atoms with E-state index in [9.17, 15) is 9.59 Å². The number of fused-ring (bicyclic) bond motifs is 1. The van der Waals surface area contributed by atoms with Crippen LogP contribution in [-0.2, 0) is 9.53 Å². The van der Waals surface area contributed by atoms with Crippen molar-refractivity contribution in [2.45, 2.75) is 13.0 Å². The Morgan fingerprint density at radius 1 is 1.07 bits per heavy atom. The fraction of sp³-hybridized carbons (Fsp3) is 0.333. The minimum atomic E-state index is -0.894. The van der Waals surface area contributed by atoms with Gasteiger partial charge < -0.3 is 24.0 Å². The monoisotopic (exact) mass is 416 g/mol. The first kappa shape index (κ1) is 19.4. The second-order valence-electron chi connectivity index (χ2n) is 6.89. The van der Waals surface area contributed by atoms with Crippen molar-refractivity contribution >= 4 is 29.2 Å². The first-order chi connectivity index (χ1) is 14.0. The number of carbonyl (C=O) groups excluding carboxylic acids is 2. The first-order valence-electron chi connectivity index (χ1n) is 9.42. The summed E-state index contributed by atoms with van der Waals surface area (Å²) < 4.78 is 15.9. The zero-order valence-corrected chi connectivity index (χ0v) is 16.7. The van der Waals surface area contributed by atoms with E-state index < -0.39 is 12.1 Å². The Hall–Kier alpha value is -2.93. The average Bonchev–Trinajstić information content (AvgIpc) is 3.23. The van der Waals surface area contributed by atoms with Gasteiger partial charge in [0.1, 0.15) is 0 Å². The summed E-state index contributed by atoms with van der Waals surface area (Å²) in [6, 6.07) is 13.0. The number of esters is 1. The third-order valence-electron chi connectivity index (χ3n) is 5.01. The highest BCUT2D eigenvalue weighted by atomic mass is 35.5. The molecule has 7 nitrogen and oxygen atoms in total. The molecule has 0 N–H and O–H groups in total. The Bertz CT molecular complexity index is 913. The van der Waals surface area contributed by atoms with E-state index in [1.807, 2.05) is 18.2 Å². The van der Waals surface area contributed by atoms with Gasteiger partial charge in [0.15, 0.2) is 17.6 Å². The van der Waals surface area contributed by atoms with Crippen LogP contribution in [0.15, 0.2) is 42.5 Å². The van der Waals surface area contributed by atoms with Crippen LogP contribution in [-0.4, -0.2) is 55.9 Å². The molecule has 0 saturated carbocycles. The van der Waals surface area contributed by atoms with Crippen LogP contribution in [0, 0.1) is 0 Å². The van der Waals surface area contributed by atoms with Gasteiger partial charge in [0, 0.05) is 31.9 Å². The van der Waals surface area contributed by atoms with Crippen LogP contribution in [0.2, 0.25) is 5.02 Å². The van der Waals surface area contributed by atoms with Gasteiger partial charge in [0.2, 0.25) is 6.79 Å². The van der Waals surface area contributed by atoms with Crippen LogP contribution >= 0.6 is 11.6 Å².